The predicted molar refractivity (Wildman–Crippen MR) is 112 cm³/mol. The monoisotopic (exact) mass is 414 g/mol. The molecule has 0 unspecified atom stereocenters. The number of carbonyl (C=O) groups is 3. The fourth-order valence-corrected chi connectivity index (χ4v) is 2.52. The summed E-state index contributed by atoms with van der Waals surface area (Å²) in [4.78, 5) is 36.0. The van der Waals surface area contributed by atoms with Crippen molar-refractivity contribution in [3.63, 3.8) is 0 Å². The molecule has 0 aliphatic rings. The molecule has 0 aliphatic carbocycles. The Kier molecular flexibility index (Phi) is 8.68. The smallest absolute Gasteiger partial charge is 0.325 e. The van der Waals surface area contributed by atoms with Crippen molar-refractivity contribution in [3.8, 4) is 11.5 Å². The van der Waals surface area contributed by atoms with Gasteiger partial charge in [0, 0.05) is 16.8 Å². The maximum Gasteiger partial charge on any atom is 0.325 e. The molecule has 0 saturated heterocycles. The van der Waals surface area contributed by atoms with Gasteiger partial charge in [0.15, 0.2) is 11.5 Å². The summed E-state index contributed by atoms with van der Waals surface area (Å²) >= 11 is 0. The standard InChI is InChI=1S/C22H26N2O6/c1-4-11-30-18-10-9-16(13-19(18)29-5-2)22(27)24-17-8-6-7-15(12-17)21(26)23-14-20(25)28-3/h6-10,12-13H,4-5,11,14H2,1-3H3,(H,23,26)(H,24,27). The van der Waals surface area contributed by atoms with E-state index >= 15 is 0 Å². The van der Waals surface area contributed by atoms with E-state index in [1.54, 1.807) is 36.4 Å². The second kappa shape index (κ2) is 11.5. The summed E-state index contributed by atoms with van der Waals surface area (Å²) in [5.74, 6) is -0.281. The van der Waals surface area contributed by atoms with Crippen molar-refractivity contribution in [1.82, 2.24) is 5.32 Å². The van der Waals surface area contributed by atoms with Crippen LogP contribution in [0.1, 0.15) is 41.0 Å². The van der Waals surface area contributed by atoms with Crippen LogP contribution in [-0.2, 0) is 9.53 Å². The molecule has 0 atom stereocenters. The number of benzene rings is 2. The van der Waals surface area contributed by atoms with Crippen LogP contribution in [0.3, 0.4) is 0 Å². The summed E-state index contributed by atoms with van der Waals surface area (Å²) in [6.45, 7) is 4.62. The maximum atomic E-state index is 12.7. The Morgan fingerprint density at radius 2 is 1.67 bits per heavy atom. The number of esters is 1. The molecule has 30 heavy (non-hydrogen) atoms. The van der Waals surface area contributed by atoms with E-state index in [1.807, 2.05) is 13.8 Å². The normalized spacial score (nSPS) is 10.1. The SMILES string of the molecule is CCCOc1ccc(C(=O)Nc2cccc(C(=O)NCC(=O)OC)c2)cc1OCC. The maximum absolute atomic E-state index is 12.7. The number of ether oxygens (including phenoxy) is 3. The van der Waals surface area contributed by atoms with Gasteiger partial charge in [-0.05, 0) is 49.7 Å². The zero-order valence-electron chi connectivity index (χ0n) is 17.3. The first-order valence-electron chi connectivity index (χ1n) is 9.64. The Morgan fingerprint density at radius 1 is 0.900 bits per heavy atom. The molecule has 0 bridgehead atoms. The number of rotatable bonds is 10. The molecule has 0 aliphatic heterocycles. The van der Waals surface area contributed by atoms with Gasteiger partial charge in [0.25, 0.3) is 11.8 Å². The van der Waals surface area contributed by atoms with Gasteiger partial charge in [-0.1, -0.05) is 13.0 Å². The predicted octanol–water partition coefficient (Wildman–Crippen LogP) is 3.03. The van der Waals surface area contributed by atoms with E-state index in [4.69, 9.17) is 9.47 Å². The molecule has 0 saturated carbocycles. The minimum Gasteiger partial charge on any atom is -0.490 e. The van der Waals surface area contributed by atoms with Crippen LogP contribution in [0.4, 0.5) is 5.69 Å². The first-order valence-corrected chi connectivity index (χ1v) is 9.64. The molecule has 2 aromatic rings. The summed E-state index contributed by atoms with van der Waals surface area (Å²) in [5.41, 5.74) is 1.13. The van der Waals surface area contributed by atoms with E-state index in [0.717, 1.165) is 6.42 Å². The van der Waals surface area contributed by atoms with Gasteiger partial charge in [-0.3, -0.25) is 14.4 Å². The van der Waals surface area contributed by atoms with Crippen LogP contribution in [0.15, 0.2) is 42.5 Å². The third-order valence-electron chi connectivity index (χ3n) is 3.97. The summed E-state index contributed by atoms with van der Waals surface area (Å²) < 4.78 is 15.7. The van der Waals surface area contributed by atoms with Gasteiger partial charge in [0.1, 0.15) is 6.54 Å². The Morgan fingerprint density at radius 3 is 2.37 bits per heavy atom. The topological polar surface area (TPSA) is 103 Å². The van der Waals surface area contributed by atoms with Crippen molar-refractivity contribution in [3.05, 3.63) is 53.6 Å². The lowest BCUT2D eigenvalue weighted by atomic mass is 10.1. The average Bonchev–Trinajstić information content (AvgIpc) is 2.76. The molecule has 160 valence electrons. The molecule has 0 aromatic heterocycles. The van der Waals surface area contributed by atoms with Crippen LogP contribution in [0, 0.1) is 0 Å². The number of amides is 2. The first-order chi connectivity index (χ1) is 14.5. The van der Waals surface area contributed by atoms with E-state index < -0.39 is 11.9 Å². The third-order valence-corrected chi connectivity index (χ3v) is 3.97. The highest BCUT2D eigenvalue weighted by molar-refractivity contribution is 6.05. The lowest BCUT2D eigenvalue weighted by molar-refractivity contribution is -0.139. The molecule has 2 amide bonds. The Hall–Kier alpha value is -3.55. The first kappa shape index (κ1) is 22.7. The number of hydrogen-bond acceptors (Lipinski definition) is 6. The van der Waals surface area contributed by atoms with Crippen molar-refractivity contribution < 1.29 is 28.6 Å². The van der Waals surface area contributed by atoms with Crippen molar-refractivity contribution in [2.45, 2.75) is 20.3 Å². The van der Waals surface area contributed by atoms with Crippen LogP contribution in [-0.4, -0.2) is 44.7 Å². The van der Waals surface area contributed by atoms with Gasteiger partial charge in [-0.25, -0.2) is 0 Å². The number of hydrogen-bond donors (Lipinski definition) is 2. The summed E-state index contributed by atoms with van der Waals surface area (Å²) in [6, 6.07) is 11.4. The van der Waals surface area contributed by atoms with Crippen molar-refractivity contribution in [1.29, 1.82) is 0 Å². The highest BCUT2D eigenvalue weighted by Crippen LogP contribution is 2.29. The minimum atomic E-state index is -0.552. The molecule has 2 aromatic carbocycles. The minimum absolute atomic E-state index is 0.238. The number of nitrogens with one attached hydrogen (secondary N) is 2. The van der Waals surface area contributed by atoms with E-state index in [0.29, 0.717) is 41.5 Å². The molecule has 0 spiro atoms. The Balaban J connectivity index is 2.11. The number of carbonyl (C=O) groups excluding carboxylic acids is 3. The van der Waals surface area contributed by atoms with Crippen LogP contribution < -0.4 is 20.1 Å². The summed E-state index contributed by atoms with van der Waals surface area (Å²) in [5, 5.41) is 5.20. The second-order valence-corrected chi connectivity index (χ2v) is 6.24. The molecule has 2 N–H and O–H groups in total. The molecule has 2 rings (SSSR count). The van der Waals surface area contributed by atoms with Crippen LogP contribution >= 0.6 is 0 Å². The fourth-order valence-electron chi connectivity index (χ4n) is 2.52. The lowest BCUT2D eigenvalue weighted by Gasteiger charge is -2.13. The molecule has 0 radical (unpaired) electrons. The quantitative estimate of drug-likeness (QED) is 0.580. The fraction of sp³-hybridized carbons (Fsp3) is 0.318. The van der Waals surface area contributed by atoms with Gasteiger partial charge in [0.2, 0.25) is 0 Å². The molecular weight excluding hydrogens is 388 g/mol. The molecular formula is C22H26N2O6. The largest absolute Gasteiger partial charge is 0.490 e. The molecule has 8 heteroatoms. The highest BCUT2D eigenvalue weighted by atomic mass is 16.5. The van der Waals surface area contributed by atoms with E-state index in [9.17, 15) is 14.4 Å². The van der Waals surface area contributed by atoms with Gasteiger partial charge in [-0.2, -0.15) is 0 Å². The van der Waals surface area contributed by atoms with E-state index in [2.05, 4.69) is 15.4 Å². The average molecular weight is 414 g/mol. The third kappa shape index (κ3) is 6.51. The molecule has 0 heterocycles. The second-order valence-electron chi connectivity index (χ2n) is 6.24. The summed E-state index contributed by atoms with van der Waals surface area (Å²) in [7, 11) is 1.24. The van der Waals surface area contributed by atoms with Crippen molar-refractivity contribution in [2.24, 2.45) is 0 Å². The molecule has 8 nitrogen and oxygen atoms in total. The van der Waals surface area contributed by atoms with Gasteiger partial charge < -0.3 is 24.8 Å². The zero-order chi connectivity index (χ0) is 21.9. The highest BCUT2D eigenvalue weighted by Gasteiger charge is 2.13. The lowest BCUT2D eigenvalue weighted by Crippen LogP contribution is -2.30. The Bertz CT molecular complexity index is 897. The van der Waals surface area contributed by atoms with E-state index in [-0.39, 0.29) is 12.5 Å². The number of anilines is 1. The van der Waals surface area contributed by atoms with Crippen LogP contribution in [0.5, 0.6) is 11.5 Å². The van der Waals surface area contributed by atoms with Gasteiger partial charge in [-0.15, -0.1) is 0 Å². The number of methoxy groups -OCH3 is 1. The zero-order valence-corrected chi connectivity index (χ0v) is 17.3. The molecule has 0 fully saturated rings. The van der Waals surface area contributed by atoms with E-state index in [1.165, 1.54) is 13.2 Å². The van der Waals surface area contributed by atoms with Crippen molar-refractivity contribution in [2.75, 3.05) is 32.2 Å². The summed E-state index contributed by atoms with van der Waals surface area (Å²) in [6.07, 6.45) is 0.858. The van der Waals surface area contributed by atoms with Crippen LogP contribution in [0.2, 0.25) is 0 Å². The van der Waals surface area contributed by atoms with Crippen molar-refractivity contribution >= 4 is 23.5 Å². The Labute approximate surface area is 175 Å². The van der Waals surface area contributed by atoms with Gasteiger partial charge in [0.05, 0.1) is 20.3 Å². The van der Waals surface area contributed by atoms with Gasteiger partial charge >= 0.3 is 5.97 Å². The van der Waals surface area contributed by atoms with Crippen LogP contribution in [0.25, 0.3) is 0 Å².